The van der Waals surface area contributed by atoms with Gasteiger partial charge in [0.25, 0.3) is 0 Å². The molecule has 1 fully saturated rings. The monoisotopic (exact) mass is 263 g/mol. The van der Waals surface area contributed by atoms with Gasteiger partial charge in [-0.15, -0.1) is 0 Å². The minimum absolute atomic E-state index is 0.127. The molecule has 0 spiro atoms. The number of nitrogens with zero attached hydrogens (tertiary/aromatic N) is 1. The Bertz CT molecular complexity index is 488. The molecule has 2 heterocycles. The third-order valence-electron chi connectivity index (χ3n) is 3.69. The Balaban J connectivity index is 1.66. The second kappa shape index (κ2) is 4.99. The van der Waals surface area contributed by atoms with E-state index in [4.69, 9.17) is 14.2 Å². The number of carbonyl (C=O) groups excluding carboxylic acids is 1. The van der Waals surface area contributed by atoms with Crippen LogP contribution in [-0.4, -0.2) is 33.0 Å². The summed E-state index contributed by atoms with van der Waals surface area (Å²) in [4.78, 5) is 13.6. The van der Waals surface area contributed by atoms with Gasteiger partial charge in [-0.3, -0.25) is 4.79 Å². The van der Waals surface area contributed by atoms with Crippen molar-refractivity contribution in [3.05, 3.63) is 18.2 Å². The first-order chi connectivity index (χ1) is 9.26. The summed E-state index contributed by atoms with van der Waals surface area (Å²) in [7, 11) is 1.44. The van der Waals surface area contributed by atoms with Crippen LogP contribution in [0.4, 0.5) is 5.69 Å². The summed E-state index contributed by atoms with van der Waals surface area (Å²) in [5, 5.41) is 0. The highest BCUT2D eigenvalue weighted by molar-refractivity contribution is 5.69. The molecule has 1 atom stereocenters. The maximum absolute atomic E-state index is 11.3. The van der Waals surface area contributed by atoms with Crippen molar-refractivity contribution in [3.63, 3.8) is 0 Å². The van der Waals surface area contributed by atoms with Crippen LogP contribution in [0.3, 0.4) is 0 Å². The van der Waals surface area contributed by atoms with Crippen LogP contribution in [0.15, 0.2) is 18.2 Å². The largest absolute Gasteiger partial charge is 0.469 e. The van der Waals surface area contributed by atoms with Gasteiger partial charge in [-0.1, -0.05) is 0 Å². The van der Waals surface area contributed by atoms with E-state index in [1.54, 1.807) is 0 Å². The summed E-state index contributed by atoms with van der Waals surface area (Å²) in [6, 6.07) is 5.97. The van der Waals surface area contributed by atoms with Gasteiger partial charge in [0.05, 0.1) is 13.5 Å². The van der Waals surface area contributed by atoms with Crippen LogP contribution in [0.2, 0.25) is 0 Å². The Kier molecular flexibility index (Phi) is 3.19. The smallest absolute Gasteiger partial charge is 0.305 e. The Morgan fingerprint density at radius 2 is 2.26 bits per heavy atom. The minimum atomic E-state index is -0.127. The number of rotatable bonds is 3. The second-order valence-corrected chi connectivity index (χ2v) is 4.92. The zero-order chi connectivity index (χ0) is 13.2. The lowest BCUT2D eigenvalue weighted by molar-refractivity contribution is -0.141. The van der Waals surface area contributed by atoms with Gasteiger partial charge in [0.1, 0.15) is 0 Å². The Morgan fingerprint density at radius 3 is 3.11 bits per heavy atom. The lowest BCUT2D eigenvalue weighted by Crippen LogP contribution is -2.20. The fourth-order valence-electron chi connectivity index (χ4n) is 2.63. The normalized spacial score (nSPS) is 20.7. The molecule has 3 rings (SSSR count). The van der Waals surface area contributed by atoms with Gasteiger partial charge in [0.2, 0.25) is 6.79 Å². The fourth-order valence-corrected chi connectivity index (χ4v) is 2.63. The summed E-state index contributed by atoms with van der Waals surface area (Å²) in [6.45, 7) is 2.14. The number of hydrogen-bond donors (Lipinski definition) is 0. The Morgan fingerprint density at radius 1 is 1.42 bits per heavy atom. The molecule has 0 amide bonds. The van der Waals surface area contributed by atoms with E-state index >= 15 is 0 Å². The highest BCUT2D eigenvalue weighted by Crippen LogP contribution is 2.37. The van der Waals surface area contributed by atoms with Crippen molar-refractivity contribution in [2.24, 2.45) is 5.92 Å². The first-order valence-corrected chi connectivity index (χ1v) is 6.47. The van der Waals surface area contributed by atoms with Gasteiger partial charge in [0.15, 0.2) is 11.5 Å². The number of benzene rings is 1. The Hall–Kier alpha value is -1.91. The van der Waals surface area contributed by atoms with E-state index in [-0.39, 0.29) is 5.97 Å². The number of esters is 1. The van der Waals surface area contributed by atoms with Crippen molar-refractivity contribution in [2.45, 2.75) is 12.8 Å². The number of ether oxygens (including phenoxy) is 3. The standard InChI is InChI=1S/C14H17NO4/c1-17-14(16)6-10-4-5-15(8-10)11-2-3-12-13(7-11)19-9-18-12/h2-3,7,10H,4-6,8-9H2,1H3. The van der Waals surface area contributed by atoms with Gasteiger partial charge in [0, 0.05) is 24.8 Å². The van der Waals surface area contributed by atoms with Crippen molar-refractivity contribution in [1.82, 2.24) is 0 Å². The summed E-state index contributed by atoms with van der Waals surface area (Å²) >= 11 is 0. The summed E-state index contributed by atoms with van der Waals surface area (Å²) in [5.74, 6) is 1.85. The molecule has 1 aromatic carbocycles. The van der Waals surface area contributed by atoms with E-state index in [0.29, 0.717) is 19.1 Å². The van der Waals surface area contributed by atoms with Crippen LogP contribution in [0, 0.1) is 5.92 Å². The van der Waals surface area contributed by atoms with Crippen molar-refractivity contribution in [2.75, 3.05) is 31.9 Å². The molecule has 0 radical (unpaired) electrons. The first-order valence-electron chi connectivity index (χ1n) is 6.47. The SMILES string of the molecule is COC(=O)CC1CCN(c2ccc3c(c2)OCO3)C1. The highest BCUT2D eigenvalue weighted by Gasteiger charge is 2.26. The van der Waals surface area contributed by atoms with Crippen molar-refractivity contribution >= 4 is 11.7 Å². The fraction of sp³-hybridized carbons (Fsp3) is 0.500. The zero-order valence-electron chi connectivity index (χ0n) is 10.9. The van der Waals surface area contributed by atoms with Gasteiger partial charge >= 0.3 is 5.97 Å². The maximum atomic E-state index is 11.3. The molecular weight excluding hydrogens is 246 g/mol. The topological polar surface area (TPSA) is 48.0 Å². The third-order valence-corrected chi connectivity index (χ3v) is 3.69. The van der Waals surface area contributed by atoms with Gasteiger partial charge in [-0.25, -0.2) is 0 Å². The molecule has 0 aromatic heterocycles. The molecule has 2 aliphatic rings. The lowest BCUT2D eigenvalue weighted by Gasteiger charge is -2.18. The van der Waals surface area contributed by atoms with Crippen LogP contribution in [0.5, 0.6) is 11.5 Å². The average Bonchev–Trinajstić information content (AvgIpc) is 3.05. The molecule has 2 aliphatic heterocycles. The summed E-state index contributed by atoms with van der Waals surface area (Å²) < 4.78 is 15.4. The Labute approximate surface area is 112 Å². The van der Waals surface area contributed by atoms with Crippen LogP contribution < -0.4 is 14.4 Å². The second-order valence-electron chi connectivity index (χ2n) is 4.92. The van der Waals surface area contributed by atoms with Crippen molar-refractivity contribution in [1.29, 1.82) is 0 Å². The van der Waals surface area contributed by atoms with Crippen LogP contribution >= 0.6 is 0 Å². The molecule has 0 saturated carbocycles. The quantitative estimate of drug-likeness (QED) is 0.778. The molecule has 19 heavy (non-hydrogen) atoms. The average molecular weight is 263 g/mol. The van der Waals surface area contributed by atoms with Crippen LogP contribution in [-0.2, 0) is 9.53 Å². The molecule has 0 N–H and O–H groups in total. The van der Waals surface area contributed by atoms with Crippen LogP contribution in [0.1, 0.15) is 12.8 Å². The predicted octanol–water partition coefficient (Wildman–Crippen LogP) is 1.80. The molecule has 5 nitrogen and oxygen atoms in total. The number of anilines is 1. The molecule has 0 aliphatic carbocycles. The molecule has 102 valence electrons. The third kappa shape index (κ3) is 2.45. The maximum Gasteiger partial charge on any atom is 0.305 e. The highest BCUT2D eigenvalue weighted by atomic mass is 16.7. The van der Waals surface area contributed by atoms with E-state index in [0.717, 1.165) is 36.7 Å². The molecular formula is C14H17NO4. The lowest BCUT2D eigenvalue weighted by atomic mass is 10.1. The van der Waals surface area contributed by atoms with Gasteiger partial charge in [-0.05, 0) is 24.5 Å². The molecule has 1 aromatic rings. The van der Waals surface area contributed by atoms with Gasteiger partial charge < -0.3 is 19.1 Å². The predicted molar refractivity (Wildman–Crippen MR) is 69.5 cm³/mol. The molecule has 1 unspecified atom stereocenters. The van der Waals surface area contributed by atoms with E-state index in [1.165, 1.54) is 7.11 Å². The van der Waals surface area contributed by atoms with Gasteiger partial charge in [-0.2, -0.15) is 0 Å². The van der Waals surface area contributed by atoms with Crippen LogP contribution in [0.25, 0.3) is 0 Å². The van der Waals surface area contributed by atoms with Crippen molar-refractivity contribution < 1.29 is 19.0 Å². The number of hydrogen-bond acceptors (Lipinski definition) is 5. The molecule has 0 bridgehead atoms. The van der Waals surface area contributed by atoms with Crippen molar-refractivity contribution in [3.8, 4) is 11.5 Å². The van der Waals surface area contributed by atoms with E-state index in [9.17, 15) is 4.79 Å². The number of fused-ring (bicyclic) bond motifs is 1. The van der Waals surface area contributed by atoms with E-state index in [1.807, 2.05) is 18.2 Å². The zero-order valence-corrected chi connectivity index (χ0v) is 10.9. The summed E-state index contributed by atoms with van der Waals surface area (Å²) in [5.41, 5.74) is 1.12. The van der Waals surface area contributed by atoms with E-state index < -0.39 is 0 Å². The first kappa shape index (κ1) is 12.1. The summed E-state index contributed by atoms with van der Waals surface area (Å²) in [6.07, 6.45) is 1.51. The number of carbonyl (C=O) groups is 1. The molecule has 1 saturated heterocycles. The number of methoxy groups -OCH3 is 1. The molecule has 5 heteroatoms. The minimum Gasteiger partial charge on any atom is -0.469 e. The van der Waals surface area contributed by atoms with E-state index in [2.05, 4.69) is 4.90 Å².